The van der Waals surface area contributed by atoms with Gasteiger partial charge < -0.3 is 18.7 Å². The number of carbonyl (C=O) groups is 2. The minimum absolute atomic E-state index is 0.146. The van der Waals surface area contributed by atoms with Crippen LogP contribution >= 0.6 is 0 Å². The number of carbonyl (C=O) groups excluding carboxylic acids is 2. The fourth-order valence-electron chi connectivity index (χ4n) is 4.30. The highest BCUT2D eigenvalue weighted by molar-refractivity contribution is 6.10. The zero-order valence-electron chi connectivity index (χ0n) is 20.1. The summed E-state index contributed by atoms with van der Waals surface area (Å²) in [7, 11) is 0. The van der Waals surface area contributed by atoms with Crippen LogP contribution in [0.2, 0.25) is 0 Å². The van der Waals surface area contributed by atoms with Gasteiger partial charge in [0.1, 0.15) is 22.7 Å². The molecule has 3 aromatic rings. The number of hydrogen-bond acceptors (Lipinski definition) is 8. The van der Waals surface area contributed by atoms with Crippen LogP contribution < -0.4 is 0 Å². The van der Waals surface area contributed by atoms with E-state index in [-0.39, 0.29) is 11.7 Å². The van der Waals surface area contributed by atoms with Crippen molar-refractivity contribution in [3.63, 3.8) is 0 Å². The van der Waals surface area contributed by atoms with Gasteiger partial charge in [0.25, 0.3) is 0 Å². The third kappa shape index (κ3) is 4.14. The summed E-state index contributed by atoms with van der Waals surface area (Å²) >= 11 is 0. The van der Waals surface area contributed by atoms with Gasteiger partial charge in [-0.1, -0.05) is 5.16 Å². The van der Waals surface area contributed by atoms with Crippen LogP contribution in [-0.2, 0) is 14.2 Å². The number of imidazole rings is 1. The van der Waals surface area contributed by atoms with Gasteiger partial charge in [0.15, 0.2) is 0 Å². The summed E-state index contributed by atoms with van der Waals surface area (Å²) in [4.78, 5) is 31.7. The maximum absolute atomic E-state index is 13.6. The molecular formula is C25H29N3O6. The Morgan fingerprint density at radius 1 is 1.12 bits per heavy atom. The Balaban J connectivity index is 1.75. The second-order valence-corrected chi connectivity index (χ2v) is 9.94. The van der Waals surface area contributed by atoms with Crippen molar-refractivity contribution >= 4 is 22.9 Å². The van der Waals surface area contributed by atoms with Crippen LogP contribution in [0.15, 0.2) is 16.7 Å². The molecule has 1 saturated carbocycles. The maximum Gasteiger partial charge on any atom is 0.420 e. The fraction of sp³-hybridized carbons (Fsp3) is 0.520. The first-order valence-electron chi connectivity index (χ1n) is 11.6. The van der Waals surface area contributed by atoms with E-state index in [2.05, 4.69) is 5.16 Å². The molecule has 2 aromatic heterocycles. The molecule has 0 spiro atoms. The number of nitrogens with zero attached hydrogens (tertiary/aromatic N) is 3. The van der Waals surface area contributed by atoms with Crippen LogP contribution in [0.4, 0.5) is 4.79 Å². The number of aryl methyl sites for hydroxylation is 2. The van der Waals surface area contributed by atoms with Crippen LogP contribution in [0.25, 0.3) is 22.2 Å². The second-order valence-electron chi connectivity index (χ2n) is 9.94. The first-order chi connectivity index (χ1) is 16.1. The Labute approximate surface area is 197 Å². The lowest BCUT2D eigenvalue weighted by Crippen LogP contribution is -2.32. The largest absolute Gasteiger partial charge is 0.443 e. The highest BCUT2D eigenvalue weighted by Gasteiger charge is 2.36. The predicted molar refractivity (Wildman–Crippen MR) is 123 cm³/mol. The SMILES string of the molecule is Cc1noc(C)c1-c1cc(C(=O)C2OCCCO2)c2nc(C3CC3)n(C(=O)OC(C)(C)C)c2c1. The molecule has 0 radical (unpaired) electrons. The summed E-state index contributed by atoms with van der Waals surface area (Å²) in [6.07, 6.45) is 1.07. The lowest BCUT2D eigenvalue weighted by atomic mass is 9.98. The predicted octanol–water partition coefficient (Wildman–Crippen LogP) is 4.91. The van der Waals surface area contributed by atoms with Crippen LogP contribution in [0, 0.1) is 13.8 Å². The second kappa shape index (κ2) is 8.32. The Kier molecular flexibility index (Phi) is 5.56. The third-order valence-corrected chi connectivity index (χ3v) is 5.93. The molecule has 5 rings (SSSR count). The number of ether oxygens (including phenoxy) is 3. The monoisotopic (exact) mass is 467 g/mol. The molecule has 1 saturated heterocycles. The van der Waals surface area contributed by atoms with Crippen LogP contribution in [0.3, 0.4) is 0 Å². The normalized spacial score (nSPS) is 17.3. The van der Waals surface area contributed by atoms with Gasteiger partial charge in [0.2, 0.25) is 12.1 Å². The van der Waals surface area contributed by atoms with Crippen molar-refractivity contribution in [2.45, 2.75) is 71.7 Å². The first kappa shape index (κ1) is 22.7. The van der Waals surface area contributed by atoms with Crippen LogP contribution in [-0.4, -0.2) is 51.7 Å². The molecule has 9 nitrogen and oxygen atoms in total. The van der Waals surface area contributed by atoms with Crippen molar-refractivity contribution in [1.29, 1.82) is 0 Å². The number of benzene rings is 1. The minimum atomic E-state index is -1.01. The molecule has 2 aliphatic rings. The van der Waals surface area contributed by atoms with E-state index in [9.17, 15) is 9.59 Å². The lowest BCUT2D eigenvalue weighted by Gasteiger charge is -2.22. The van der Waals surface area contributed by atoms with E-state index in [1.54, 1.807) is 6.07 Å². The summed E-state index contributed by atoms with van der Waals surface area (Å²) in [5.74, 6) is 1.05. The number of aromatic nitrogens is 3. The summed E-state index contributed by atoms with van der Waals surface area (Å²) in [6.45, 7) is 10.0. The van der Waals surface area contributed by atoms with Gasteiger partial charge >= 0.3 is 6.09 Å². The van der Waals surface area contributed by atoms with Gasteiger partial charge in [0.05, 0.1) is 30.0 Å². The first-order valence-corrected chi connectivity index (χ1v) is 11.6. The van der Waals surface area contributed by atoms with Crippen LogP contribution in [0.1, 0.15) is 73.6 Å². The van der Waals surface area contributed by atoms with E-state index in [0.717, 1.165) is 24.8 Å². The van der Waals surface area contributed by atoms with Gasteiger partial charge in [-0.25, -0.2) is 14.3 Å². The third-order valence-electron chi connectivity index (χ3n) is 5.93. The van der Waals surface area contributed by atoms with Crippen molar-refractivity contribution in [1.82, 2.24) is 14.7 Å². The Hall–Kier alpha value is -3.04. The highest BCUT2D eigenvalue weighted by atomic mass is 16.7. The number of rotatable bonds is 4. The topological polar surface area (TPSA) is 106 Å². The summed E-state index contributed by atoms with van der Waals surface area (Å²) in [5.41, 5.74) is 2.76. The lowest BCUT2D eigenvalue weighted by molar-refractivity contribution is -0.150. The van der Waals surface area contributed by atoms with Gasteiger partial charge in [-0.3, -0.25) is 4.79 Å². The average molecular weight is 468 g/mol. The van der Waals surface area contributed by atoms with E-state index >= 15 is 0 Å². The molecule has 0 amide bonds. The standard InChI is InChI=1S/C25H29N3O6/c1-13-19(14(2)34-27-13)16-11-17(21(29)23-31-9-6-10-32-23)20-18(12-16)28(22(26-20)15-7-8-15)24(30)33-25(3,4)5/h11-12,15,23H,6-10H2,1-5H3. The minimum Gasteiger partial charge on any atom is -0.443 e. The van der Waals surface area contributed by atoms with Crippen molar-refractivity contribution in [3.05, 3.63) is 35.0 Å². The molecule has 0 unspecified atom stereocenters. The van der Waals surface area contributed by atoms with E-state index in [0.29, 0.717) is 52.7 Å². The molecule has 34 heavy (non-hydrogen) atoms. The Morgan fingerprint density at radius 2 is 1.82 bits per heavy atom. The van der Waals surface area contributed by atoms with Crippen LogP contribution in [0.5, 0.6) is 0 Å². The zero-order chi connectivity index (χ0) is 24.2. The van der Waals surface area contributed by atoms with Crippen molar-refractivity contribution < 1.29 is 28.3 Å². The quantitative estimate of drug-likeness (QED) is 0.498. The molecule has 9 heteroatoms. The van der Waals surface area contributed by atoms with Gasteiger partial charge in [-0.15, -0.1) is 0 Å². The molecular weight excluding hydrogens is 438 g/mol. The summed E-state index contributed by atoms with van der Waals surface area (Å²) < 4.78 is 23.8. The van der Waals surface area contributed by atoms with E-state index < -0.39 is 18.0 Å². The molecule has 0 N–H and O–H groups in total. The molecule has 1 aliphatic heterocycles. The fourth-order valence-corrected chi connectivity index (χ4v) is 4.30. The van der Waals surface area contributed by atoms with Gasteiger partial charge in [0, 0.05) is 11.5 Å². The smallest absolute Gasteiger partial charge is 0.420 e. The molecule has 0 bridgehead atoms. The summed E-state index contributed by atoms with van der Waals surface area (Å²) in [6, 6.07) is 3.62. The number of ketones is 1. The van der Waals surface area contributed by atoms with Crippen molar-refractivity contribution in [2.75, 3.05) is 13.2 Å². The average Bonchev–Trinajstić information content (AvgIpc) is 3.48. The zero-order valence-corrected chi connectivity index (χ0v) is 20.1. The Bertz CT molecular complexity index is 1250. The number of Topliss-reactive ketones (excluding diaryl/α,β-unsaturated/α-hetero) is 1. The summed E-state index contributed by atoms with van der Waals surface area (Å²) in [5, 5.41) is 4.06. The number of hydrogen-bond donors (Lipinski definition) is 0. The van der Waals surface area contributed by atoms with E-state index in [4.69, 9.17) is 23.7 Å². The Morgan fingerprint density at radius 3 is 2.41 bits per heavy atom. The number of fused-ring (bicyclic) bond motifs is 1. The van der Waals surface area contributed by atoms with Crippen molar-refractivity contribution in [2.24, 2.45) is 0 Å². The van der Waals surface area contributed by atoms with E-state index in [1.165, 1.54) is 4.57 Å². The van der Waals surface area contributed by atoms with Crippen molar-refractivity contribution in [3.8, 4) is 11.1 Å². The highest BCUT2D eigenvalue weighted by Crippen LogP contribution is 2.42. The molecule has 1 aliphatic carbocycles. The molecule has 0 atom stereocenters. The molecule has 3 heterocycles. The maximum atomic E-state index is 13.6. The molecule has 180 valence electrons. The van der Waals surface area contributed by atoms with Gasteiger partial charge in [-0.05, 0) is 71.6 Å². The van der Waals surface area contributed by atoms with Gasteiger partial charge in [-0.2, -0.15) is 0 Å². The molecule has 1 aromatic carbocycles. The van der Waals surface area contributed by atoms with E-state index in [1.807, 2.05) is 40.7 Å². The molecule has 2 fully saturated rings.